The maximum atomic E-state index is 12.6. The lowest BCUT2D eigenvalue weighted by Gasteiger charge is -2.12. The van der Waals surface area contributed by atoms with Crippen LogP contribution < -0.4 is 9.47 Å². The summed E-state index contributed by atoms with van der Waals surface area (Å²) in [7, 11) is 0. The van der Waals surface area contributed by atoms with Gasteiger partial charge in [-0.05, 0) is 68.3 Å². The molecule has 0 saturated heterocycles. The van der Waals surface area contributed by atoms with Crippen molar-refractivity contribution in [3.63, 3.8) is 0 Å². The van der Waals surface area contributed by atoms with E-state index in [0.717, 1.165) is 21.6 Å². The van der Waals surface area contributed by atoms with Crippen molar-refractivity contribution in [2.45, 2.75) is 6.18 Å². The predicted octanol–water partition coefficient (Wildman–Crippen LogP) is 7.81. The van der Waals surface area contributed by atoms with Gasteiger partial charge < -0.3 is 9.47 Å². The molecule has 0 N–H and O–H groups in total. The molecule has 9 heteroatoms. The Labute approximate surface area is 168 Å². The lowest BCUT2D eigenvalue weighted by Crippen LogP contribution is -2.04. The molecule has 2 nitrogen and oxygen atoms in total. The van der Waals surface area contributed by atoms with Crippen LogP contribution in [0.5, 0.6) is 17.2 Å². The summed E-state index contributed by atoms with van der Waals surface area (Å²) in [5, 5.41) is 0.137. The average Bonchev–Trinajstić information content (AvgIpc) is 2.50. The highest BCUT2D eigenvalue weighted by molar-refractivity contribution is 9.28. The molecule has 0 bridgehead atoms. The maximum Gasteiger partial charge on any atom is 0.416 e. The van der Waals surface area contributed by atoms with Gasteiger partial charge in [0, 0.05) is 6.07 Å². The number of hydrogen-bond donors (Lipinski definition) is 0. The zero-order valence-corrected chi connectivity index (χ0v) is 16.9. The summed E-state index contributed by atoms with van der Waals surface area (Å²) in [6, 6.07) is 7.50. The summed E-state index contributed by atoms with van der Waals surface area (Å²) < 4.78 is 49.6. The van der Waals surface area contributed by atoms with Gasteiger partial charge in [0.1, 0.15) is 23.9 Å². The number of rotatable bonds is 5. The molecule has 0 fully saturated rings. The topological polar surface area (TPSA) is 18.5 Å². The van der Waals surface area contributed by atoms with Crippen LogP contribution >= 0.6 is 55.1 Å². The third-order valence-electron chi connectivity index (χ3n) is 2.87. The van der Waals surface area contributed by atoms with Gasteiger partial charge in [0.15, 0.2) is 0 Å². The number of benzene rings is 2. The van der Waals surface area contributed by atoms with E-state index in [-0.39, 0.29) is 17.4 Å². The van der Waals surface area contributed by atoms with E-state index in [2.05, 4.69) is 31.9 Å². The monoisotopic (exact) mass is 518 g/mol. The Morgan fingerprint density at radius 3 is 2.20 bits per heavy atom. The molecule has 0 aromatic heterocycles. The molecule has 0 aliphatic rings. The first-order valence-electron chi connectivity index (χ1n) is 6.65. The molecule has 2 aromatic carbocycles. The van der Waals surface area contributed by atoms with Gasteiger partial charge in [-0.15, -0.1) is 0 Å². The molecule has 0 saturated carbocycles. The number of halogens is 7. The van der Waals surface area contributed by atoms with Gasteiger partial charge in [0.2, 0.25) is 0 Å². The molecule has 0 aliphatic heterocycles. The Morgan fingerprint density at radius 2 is 1.64 bits per heavy atom. The molecular weight excluding hydrogens is 512 g/mol. The summed E-state index contributed by atoms with van der Waals surface area (Å²) in [5.41, 5.74) is -0.849. The van der Waals surface area contributed by atoms with Crippen molar-refractivity contribution in [2.24, 2.45) is 0 Å². The summed E-state index contributed by atoms with van der Waals surface area (Å²) in [6.07, 6.45) is -2.73. The highest BCUT2D eigenvalue weighted by Gasteiger charge is 2.31. The van der Waals surface area contributed by atoms with Crippen LogP contribution in [0.15, 0.2) is 45.9 Å². The van der Waals surface area contributed by atoms with Crippen LogP contribution in [-0.4, -0.2) is 6.61 Å². The summed E-state index contributed by atoms with van der Waals surface area (Å²) in [6.45, 7) is 0.288. The quantitative estimate of drug-likeness (QED) is 0.400. The zero-order chi connectivity index (χ0) is 18.6. The van der Waals surface area contributed by atoms with E-state index in [1.165, 1.54) is 6.07 Å². The van der Waals surface area contributed by atoms with Crippen LogP contribution in [0.1, 0.15) is 5.56 Å². The Hall–Kier alpha value is -0.890. The van der Waals surface area contributed by atoms with Crippen molar-refractivity contribution < 1.29 is 22.6 Å². The first-order chi connectivity index (χ1) is 11.7. The average molecular weight is 521 g/mol. The molecule has 0 aliphatic carbocycles. The Bertz CT molecular complexity index is 791. The highest BCUT2D eigenvalue weighted by Crippen LogP contribution is 2.37. The molecule has 0 amide bonds. The molecule has 25 heavy (non-hydrogen) atoms. The van der Waals surface area contributed by atoms with Crippen LogP contribution in [0.4, 0.5) is 13.2 Å². The van der Waals surface area contributed by atoms with Crippen molar-refractivity contribution in [1.29, 1.82) is 0 Å². The lowest BCUT2D eigenvalue weighted by atomic mass is 10.2. The minimum absolute atomic E-state index is 0.0885. The van der Waals surface area contributed by atoms with Gasteiger partial charge in [-0.1, -0.05) is 23.2 Å². The third kappa shape index (κ3) is 6.09. The SMILES string of the molecule is FC(F)(F)c1ccc(Oc2ccc(OCC=C(Br)Br)c(Cl)c2)c(Cl)c1. The fraction of sp³-hybridized carbons (Fsp3) is 0.125. The number of ether oxygens (including phenoxy) is 2. The van der Waals surface area contributed by atoms with E-state index in [0.29, 0.717) is 16.5 Å². The fourth-order valence-corrected chi connectivity index (χ4v) is 2.45. The van der Waals surface area contributed by atoms with Gasteiger partial charge in [-0.3, -0.25) is 0 Å². The second-order valence-electron chi connectivity index (χ2n) is 4.64. The molecule has 0 atom stereocenters. The molecule has 0 heterocycles. The number of alkyl halides is 3. The molecule has 0 spiro atoms. The molecule has 2 aromatic rings. The molecule has 0 radical (unpaired) electrons. The first kappa shape index (κ1) is 20.4. The Balaban J connectivity index is 2.13. The van der Waals surface area contributed by atoms with E-state index in [1.807, 2.05) is 0 Å². The van der Waals surface area contributed by atoms with Gasteiger partial charge in [-0.2, -0.15) is 13.2 Å². The van der Waals surface area contributed by atoms with Crippen LogP contribution in [0.25, 0.3) is 0 Å². The second-order valence-corrected chi connectivity index (χ2v) is 8.23. The normalized spacial score (nSPS) is 11.2. The van der Waals surface area contributed by atoms with E-state index in [4.69, 9.17) is 32.7 Å². The van der Waals surface area contributed by atoms with Crippen molar-refractivity contribution in [1.82, 2.24) is 0 Å². The fourth-order valence-electron chi connectivity index (χ4n) is 1.74. The van der Waals surface area contributed by atoms with E-state index in [9.17, 15) is 13.2 Å². The van der Waals surface area contributed by atoms with Crippen LogP contribution in [0.3, 0.4) is 0 Å². The van der Waals surface area contributed by atoms with Crippen molar-refractivity contribution in [3.8, 4) is 17.2 Å². The largest absolute Gasteiger partial charge is 0.488 e. The van der Waals surface area contributed by atoms with Gasteiger partial charge >= 0.3 is 6.18 Å². The van der Waals surface area contributed by atoms with Gasteiger partial charge in [0.05, 0.1) is 19.0 Å². The summed E-state index contributed by atoms with van der Waals surface area (Å²) in [5.74, 6) is 0.840. The summed E-state index contributed by atoms with van der Waals surface area (Å²) in [4.78, 5) is 0. The van der Waals surface area contributed by atoms with Crippen molar-refractivity contribution in [3.05, 3.63) is 61.5 Å². The van der Waals surface area contributed by atoms with E-state index in [1.54, 1.807) is 18.2 Å². The van der Waals surface area contributed by atoms with Crippen molar-refractivity contribution >= 4 is 55.1 Å². The second kappa shape index (κ2) is 8.66. The highest BCUT2D eigenvalue weighted by atomic mass is 79.9. The van der Waals surface area contributed by atoms with Crippen LogP contribution in [0.2, 0.25) is 10.0 Å². The summed E-state index contributed by atoms with van der Waals surface area (Å²) >= 11 is 18.4. The standard InChI is InChI=1S/C16H9Br2Cl2F3O2/c17-15(18)5-6-24-13-4-2-10(8-12(13)20)25-14-3-1-9(7-11(14)19)16(21,22)23/h1-5,7-8H,6H2. The lowest BCUT2D eigenvalue weighted by molar-refractivity contribution is -0.137. The molecule has 134 valence electrons. The van der Waals surface area contributed by atoms with Crippen LogP contribution in [0, 0.1) is 0 Å². The van der Waals surface area contributed by atoms with Crippen molar-refractivity contribution in [2.75, 3.05) is 6.61 Å². The van der Waals surface area contributed by atoms with E-state index < -0.39 is 11.7 Å². The Morgan fingerprint density at radius 1 is 1.00 bits per heavy atom. The maximum absolute atomic E-state index is 12.6. The van der Waals surface area contributed by atoms with E-state index >= 15 is 0 Å². The predicted molar refractivity (Wildman–Crippen MR) is 99.4 cm³/mol. The van der Waals surface area contributed by atoms with Gasteiger partial charge in [-0.25, -0.2) is 0 Å². The number of hydrogen-bond acceptors (Lipinski definition) is 2. The first-order valence-corrected chi connectivity index (χ1v) is 8.99. The van der Waals surface area contributed by atoms with Crippen LogP contribution in [-0.2, 0) is 6.18 Å². The third-order valence-corrected chi connectivity index (χ3v) is 4.11. The van der Waals surface area contributed by atoms with Gasteiger partial charge in [0.25, 0.3) is 0 Å². The Kier molecular flexibility index (Phi) is 7.08. The smallest absolute Gasteiger partial charge is 0.416 e. The minimum Gasteiger partial charge on any atom is -0.488 e. The minimum atomic E-state index is -4.47. The molecule has 0 unspecified atom stereocenters. The molecule has 2 rings (SSSR count). The molecular formula is C16H9Br2Cl2F3O2. The zero-order valence-electron chi connectivity index (χ0n) is 12.2.